The summed E-state index contributed by atoms with van der Waals surface area (Å²) in [5.74, 6) is -2.23. The molecule has 0 bridgehead atoms. The SMILES string of the molecule is COC(=O)c1cccc(C(=O)OC)c1[O-].[Li+]. The maximum atomic E-state index is 11.6. The number of methoxy groups -OCH3 is 2. The van der Waals surface area contributed by atoms with Gasteiger partial charge in [-0.2, -0.15) is 0 Å². The molecule has 1 aromatic carbocycles. The average Bonchev–Trinajstić information content (AvgIpc) is 2.27. The van der Waals surface area contributed by atoms with Crippen LogP contribution in [0.3, 0.4) is 0 Å². The zero-order valence-electron chi connectivity index (χ0n) is 9.27. The molecule has 0 aliphatic heterocycles. The van der Waals surface area contributed by atoms with E-state index in [2.05, 4.69) is 9.47 Å². The first kappa shape index (κ1) is 14.6. The second kappa shape index (κ2) is 6.21. The van der Waals surface area contributed by atoms with E-state index in [-0.39, 0.29) is 30.0 Å². The van der Waals surface area contributed by atoms with Crippen LogP contribution in [0, 0.1) is 0 Å². The maximum absolute atomic E-state index is 11.6. The van der Waals surface area contributed by atoms with E-state index >= 15 is 0 Å². The van der Waals surface area contributed by atoms with Gasteiger partial charge in [0.1, 0.15) is 0 Å². The topological polar surface area (TPSA) is 75.7 Å². The molecular weight excluding hydrogens is 207 g/mol. The van der Waals surface area contributed by atoms with Gasteiger partial charge in [0.2, 0.25) is 0 Å². The molecule has 0 aromatic heterocycles. The van der Waals surface area contributed by atoms with E-state index in [1.807, 2.05) is 0 Å². The summed E-state index contributed by atoms with van der Waals surface area (Å²) in [6.45, 7) is 0. The molecule has 0 saturated carbocycles. The average molecular weight is 216 g/mol. The third kappa shape index (κ3) is 2.78. The molecule has 0 saturated heterocycles. The van der Waals surface area contributed by atoms with Gasteiger partial charge in [-0.3, -0.25) is 0 Å². The zero-order chi connectivity index (χ0) is 11.4. The van der Waals surface area contributed by atoms with Crippen LogP contribution in [-0.4, -0.2) is 26.2 Å². The third-order valence-electron chi connectivity index (χ3n) is 1.83. The molecule has 0 heterocycles. The van der Waals surface area contributed by atoms with E-state index in [0.717, 1.165) is 14.2 Å². The Hall–Kier alpha value is -1.44. The number of hydrogen-bond donors (Lipinski definition) is 0. The first-order valence-electron chi connectivity index (χ1n) is 4.08. The summed E-state index contributed by atoms with van der Waals surface area (Å²) in [6, 6.07) is 4.00. The molecular formula is C10H9LiO5. The van der Waals surface area contributed by atoms with Crippen LogP contribution >= 0.6 is 0 Å². The minimum Gasteiger partial charge on any atom is -0.871 e. The van der Waals surface area contributed by atoms with Crippen LogP contribution in [0.1, 0.15) is 20.7 Å². The van der Waals surface area contributed by atoms with Crippen LogP contribution in [0.15, 0.2) is 18.2 Å². The Bertz CT molecular complexity index is 368. The second-order valence-corrected chi connectivity index (χ2v) is 2.67. The summed E-state index contributed by atoms with van der Waals surface area (Å²) < 4.78 is 8.79. The van der Waals surface area contributed by atoms with Crippen LogP contribution in [0.2, 0.25) is 0 Å². The Labute approximate surface area is 105 Å². The molecule has 0 N–H and O–H groups in total. The van der Waals surface area contributed by atoms with E-state index < -0.39 is 17.7 Å². The molecule has 16 heavy (non-hydrogen) atoms. The van der Waals surface area contributed by atoms with E-state index in [9.17, 15) is 14.7 Å². The summed E-state index contributed by atoms with van der Waals surface area (Å²) >= 11 is 0. The Kier molecular flexibility index (Phi) is 5.65. The van der Waals surface area contributed by atoms with Crippen LogP contribution < -0.4 is 24.0 Å². The molecule has 0 aliphatic carbocycles. The van der Waals surface area contributed by atoms with Crippen molar-refractivity contribution in [1.82, 2.24) is 0 Å². The number of ether oxygens (including phenoxy) is 2. The Morgan fingerprint density at radius 1 is 1.06 bits per heavy atom. The van der Waals surface area contributed by atoms with Crippen molar-refractivity contribution in [3.63, 3.8) is 0 Å². The number of hydrogen-bond acceptors (Lipinski definition) is 5. The van der Waals surface area contributed by atoms with Crippen molar-refractivity contribution in [3.05, 3.63) is 29.3 Å². The standard InChI is InChI=1S/C10H10O5.Li/c1-14-9(12)6-4-3-5-7(8(6)11)10(13)15-2;/h3-5,11H,1-2H3;/q;+1/p-1. The van der Waals surface area contributed by atoms with Crippen molar-refractivity contribution in [2.75, 3.05) is 14.2 Å². The van der Waals surface area contributed by atoms with Gasteiger partial charge < -0.3 is 14.6 Å². The van der Waals surface area contributed by atoms with Crippen molar-refractivity contribution in [3.8, 4) is 5.75 Å². The molecule has 80 valence electrons. The van der Waals surface area contributed by atoms with Gasteiger partial charge in [0.05, 0.1) is 25.3 Å². The summed E-state index contributed by atoms with van der Waals surface area (Å²) in [7, 11) is 2.32. The molecule has 0 atom stereocenters. The minimum atomic E-state index is -0.772. The Morgan fingerprint density at radius 2 is 1.44 bits per heavy atom. The van der Waals surface area contributed by atoms with Gasteiger partial charge in [-0.25, -0.2) is 9.59 Å². The van der Waals surface area contributed by atoms with Crippen molar-refractivity contribution >= 4 is 11.9 Å². The fourth-order valence-electron chi connectivity index (χ4n) is 1.08. The van der Waals surface area contributed by atoms with Gasteiger partial charge in [-0.05, 0) is 12.1 Å². The summed E-state index contributed by atoms with van der Waals surface area (Å²) in [5.41, 5.74) is -0.360. The fraction of sp³-hybridized carbons (Fsp3) is 0.200. The normalized spacial score (nSPS) is 8.88. The number of carbonyl (C=O) groups excluding carboxylic acids is 2. The Balaban J connectivity index is 0.00000225. The first-order chi connectivity index (χ1) is 7.11. The van der Waals surface area contributed by atoms with E-state index in [4.69, 9.17) is 0 Å². The van der Waals surface area contributed by atoms with Gasteiger partial charge in [-0.15, -0.1) is 0 Å². The van der Waals surface area contributed by atoms with E-state index in [1.165, 1.54) is 18.2 Å². The number of para-hydroxylation sites is 1. The monoisotopic (exact) mass is 216 g/mol. The molecule has 0 aliphatic rings. The molecule has 1 aromatic rings. The summed E-state index contributed by atoms with van der Waals surface area (Å²) in [5, 5.41) is 11.6. The van der Waals surface area contributed by atoms with Gasteiger partial charge in [0, 0.05) is 0 Å². The summed E-state index contributed by atoms with van der Waals surface area (Å²) in [4.78, 5) is 22.2. The first-order valence-corrected chi connectivity index (χ1v) is 4.08. The predicted molar refractivity (Wildman–Crippen MR) is 48.6 cm³/mol. The maximum Gasteiger partial charge on any atom is 1.00 e. The van der Waals surface area contributed by atoms with Gasteiger partial charge in [0.25, 0.3) is 0 Å². The third-order valence-corrected chi connectivity index (χ3v) is 1.83. The van der Waals surface area contributed by atoms with Crippen LogP contribution in [0.5, 0.6) is 5.75 Å². The fourth-order valence-corrected chi connectivity index (χ4v) is 1.08. The van der Waals surface area contributed by atoms with Crippen LogP contribution in [-0.2, 0) is 9.47 Å². The Morgan fingerprint density at radius 3 is 1.75 bits per heavy atom. The number of esters is 2. The van der Waals surface area contributed by atoms with E-state index in [1.54, 1.807) is 0 Å². The second-order valence-electron chi connectivity index (χ2n) is 2.67. The quantitative estimate of drug-likeness (QED) is 0.398. The van der Waals surface area contributed by atoms with E-state index in [0.29, 0.717) is 0 Å². The largest absolute Gasteiger partial charge is 1.00 e. The van der Waals surface area contributed by atoms with Crippen molar-refractivity contribution in [2.45, 2.75) is 0 Å². The predicted octanol–water partition coefficient (Wildman–Crippen LogP) is -2.66. The molecule has 0 fully saturated rings. The van der Waals surface area contributed by atoms with Crippen molar-refractivity contribution < 1.29 is 43.0 Å². The minimum absolute atomic E-state index is 0. The number of carbonyl (C=O) groups is 2. The van der Waals surface area contributed by atoms with Crippen LogP contribution in [0.4, 0.5) is 0 Å². The van der Waals surface area contributed by atoms with Crippen molar-refractivity contribution in [2.24, 2.45) is 0 Å². The van der Waals surface area contributed by atoms with Gasteiger partial charge in [0.15, 0.2) is 0 Å². The van der Waals surface area contributed by atoms with Gasteiger partial charge >= 0.3 is 30.8 Å². The molecule has 1 rings (SSSR count). The zero-order valence-corrected chi connectivity index (χ0v) is 9.27. The molecule has 0 spiro atoms. The van der Waals surface area contributed by atoms with Crippen molar-refractivity contribution in [1.29, 1.82) is 0 Å². The van der Waals surface area contributed by atoms with Gasteiger partial charge in [-0.1, -0.05) is 11.8 Å². The molecule has 0 unspecified atom stereocenters. The summed E-state index contributed by atoms with van der Waals surface area (Å²) in [6.07, 6.45) is 0. The molecule has 0 amide bonds. The van der Waals surface area contributed by atoms with Crippen LogP contribution in [0.25, 0.3) is 0 Å². The number of rotatable bonds is 2. The smallest absolute Gasteiger partial charge is 0.871 e. The molecule has 6 heteroatoms. The molecule has 5 nitrogen and oxygen atoms in total. The molecule has 0 radical (unpaired) electrons. The number of benzene rings is 1.